The van der Waals surface area contributed by atoms with Crippen LogP contribution in [0.15, 0.2) is 24.3 Å². The van der Waals surface area contributed by atoms with E-state index in [-0.39, 0.29) is 30.2 Å². The van der Waals surface area contributed by atoms with E-state index in [1.165, 1.54) is 24.3 Å². The van der Waals surface area contributed by atoms with E-state index in [0.29, 0.717) is 5.56 Å². The summed E-state index contributed by atoms with van der Waals surface area (Å²) in [6.45, 7) is 1.63. The SMILES string of the molecule is CCOC(Cc1ccc(OCCN(CC(F)(F)C(F)(F)C(F)(F)C(F)(F)C(F)(F)F)C(=O)NCC(C)(C)C)cc1)C(=O)O. The van der Waals surface area contributed by atoms with E-state index in [4.69, 9.17) is 14.6 Å². The van der Waals surface area contributed by atoms with Crippen LogP contribution in [-0.2, 0) is 16.0 Å². The van der Waals surface area contributed by atoms with Crippen molar-refractivity contribution in [2.75, 3.05) is 32.8 Å². The molecule has 1 atom stereocenters. The molecule has 2 N–H and O–H groups in total. The monoisotopic (exact) mass is 648 g/mol. The van der Waals surface area contributed by atoms with Gasteiger partial charge in [0.2, 0.25) is 0 Å². The lowest BCUT2D eigenvalue weighted by molar-refractivity contribution is -0.422. The molecule has 1 rings (SSSR count). The molecular formula is C25H31F11N2O5. The first-order valence-corrected chi connectivity index (χ1v) is 12.5. The highest BCUT2D eigenvalue weighted by atomic mass is 19.4. The third-order valence-electron chi connectivity index (χ3n) is 5.67. The van der Waals surface area contributed by atoms with Crippen LogP contribution in [0.5, 0.6) is 5.75 Å². The Hall–Kier alpha value is -3.05. The highest BCUT2D eigenvalue weighted by Crippen LogP contribution is 2.57. The largest absolute Gasteiger partial charge is 0.492 e. The standard InChI is InChI=1S/C25H31F11N2O5/c1-5-42-17(18(39)40)12-15-6-8-16(9-7-15)43-11-10-38(19(41)37-13-20(2,3)4)14-21(26,27)22(28,29)23(30,31)24(32,33)25(34,35)36/h6-9,17H,5,10-14H2,1-4H3,(H,37,41)(H,39,40). The number of hydrogen-bond donors (Lipinski definition) is 2. The number of nitrogens with one attached hydrogen (secondary N) is 1. The fourth-order valence-corrected chi connectivity index (χ4v) is 3.28. The zero-order chi connectivity index (χ0) is 33.7. The summed E-state index contributed by atoms with van der Waals surface area (Å²) >= 11 is 0. The van der Waals surface area contributed by atoms with Crippen LogP contribution in [0.1, 0.15) is 33.3 Å². The summed E-state index contributed by atoms with van der Waals surface area (Å²) in [5.41, 5.74) is -0.245. The van der Waals surface area contributed by atoms with Crippen molar-refractivity contribution >= 4 is 12.0 Å². The van der Waals surface area contributed by atoms with E-state index in [1.807, 2.05) is 0 Å². The van der Waals surface area contributed by atoms with Gasteiger partial charge in [0.1, 0.15) is 12.4 Å². The number of nitrogens with zero attached hydrogens (tertiary/aromatic N) is 1. The molecule has 1 aromatic rings. The van der Waals surface area contributed by atoms with Crippen molar-refractivity contribution in [1.29, 1.82) is 0 Å². The maximum atomic E-state index is 14.5. The number of benzene rings is 1. The van der Waals surface area contributed by atoms with Crippen LogP contribution in [0.4, 0.5) is 53.1 Å². The van der Waals surface area contributed by atoms with Gasteiger partial charge in [0, 0.05) is 19.6 Å². The number of carboxylic acid groups (broad SMARTS) is 1. The number of halogens is 11. The Bertz CT molecular complexity index is 1070. The molecule has 0 bridgehead atoms. The molecule has 2 amide bonds. The molecule has 18 heteroatoms. The van der Waals surface area contributed by atoms with Gasteiger partial charge in [-0.05, 0) is 30.0 Å². The van der Waals surface area contributed by atoms with Crippen LogP contribution in [0.2, 0.25) is 0 Å². The Morgan fingerprint density at radius 1 is 0.884 bits per heavy atom. The average molecular weight is 649 g/mol. The smallest absolute Gasteiger partial charge is 0.460 e. The van der Waals surface area contributed by atoms with Crippen molar-refractivity contribution < 1.29 is 72.5 Å². The van der Waals surface area contributed by atoms with Gasteiger partial charge in [-0.1, -0.05) is 32.9 Å². The van der Waals surface area contributed by atoms with Gasteiger partial charge in [0.05, 0.1) is 13.1 Å². The summed E-state index contributed by atoms with van der Waals surface area (Å²) in [5, 5.41) is 11.2. The highest BCUT2D eigenvalue weighted by molar-refractivity contribution is 5.74. The second kappa shape index (κ2) is 13.7. The maximum absolute atomic E-state index is 14.5. The number of carbonyl (C=O) groups is 2. The summed E-state index contributed by atoms with van der Waals surface area (Å²) in [7, 11) is 0. The maximum Gasteiger partial charge on any atom is 0.460 e. The molecule has 0 fully saturated rings. The zero-order valence-corrected chi connectivity index (χ0v) is 23.3. The third kappa shape index (κ3) is 9.47. The molecule has 0 saturated carbocycles. The van der Waals surface area contributed by atoms with Gasteiger partial charge in [0.15, 0.2) is 6.10 Å². The van der Waals surface area contributed by atoms with Gasteiger partial charge < -0.3 is 24.8 Å². The lowest BCUT2D eigenvalue weighted by Crippen LogP contribution is -2.68. The number of urea groups is 1. The molecule has 0 heterocycles. The second-order valence-corrected chi connectivity index (χ2v) is 10.5. The molecule has 0 saturated heterocycles. The lowest BCUT2D eigenvalue weighted by Gasteiger charge is -2.39. The van der Waals surface area contributed by atoms with Crippen molar-refractivity contribution in [3.8, 4) is 5.75 Å². The number of hydrogen-bond acceptors (Lipinski definition) is 4. The molecule has 0 radical (unpaired) electrons. The highest BCUT2D eigenvalue weighted by Gasteiger charge is 2.87. The fraction of sp³-hybridized carbons (Fsp3) is 0.680. The first-order valence-electron chi connectivity index (χ1n) is 12.5. The first-order chi connectivity index (χ1) is 19.3. The third-order valence-corrected chi connectivity index (χ3v) is 5.67. The topological polar surface area (TPSA) is 88.1 Å². The van der Waals surface area contributed by atoms with Gasteiger partial charge in [-0.25, -0.2) is 9.59 Å². The number of alkyl halides is 11. The molecule has 0 aliphatic heterocycles. The van der Waals surface area contributed by atoms with Crippen LogP contribution < -0.4 is 10.1 Å². The van der Waals surface area contributed by atoms with Gasteiger partial charge in [-0.3, -0.25) is 0 Å². The van der Waals surface area contributed by atoms with Crippen LogP contribution >= 0.6 is 0 Å². The molecule has 0 spiro atoms. The van der Waals surface area contributed by atoms with Crippen LogP contribution in [0.3, 0.4) is 0 Å². The van der Waals surface area contributed by atoms with Crippen LogP contribution in [-0.4, -0.2) is 90.8 Å². The number of ether oxygens (including phenoxy) is 2. The molecule has 248 valence electrons. The van der Waals surface area contributed by atoms with E-state index in [2.05, 4.69) is 5.32 Å². The number of carbonyl (C=O) groups excluding carboxylic acids is 1. The molecule has 7 nitrogen and oxygen atoms in total. The van der Waals surface area contributed by atoms with E-state index >= 15 is 0 Å². The molecule has 0 aliphatic rings. The minimum atomic E-state index is -7.60. The van der Waals surface area contributed by atoms with Crippen molar-refractivity contribution in [3.63, 3.8) is 0 Å². The Morgan fingerprint density at radius 2 is 1.42 bits per heavy atom. The van der Waals surface area contributed by atoms with E-state index in [9.17, 15) is 57.9 Å². The lowest BCUT2D eigenvalue weighted by atomic mass is 9.97. The number of aliphatic carboxylic acids is 1. The molecule has 0 aliphatic carbocycles. The minimum Gasteiger partial charge on any atom is -0.492 e. The Kier molecular flexibility index (Phi) is 12.1. The predicted octanol–water partition coefficient (Wildman–Crippen LogP) is 6.26. The second-order valence-electron chi connectivity index (χ2n) is 10.5. The predicted molar refractivity (Wildman–Crippen MR) is 129 cm³/mol. The van der Waals surface area contributed by atoms with Gasteiger partial charge in [-0.15, -0.1) is 0 Å². The molecular weight excluding hydrogens is 617 g/mol. The first kappa shape index (κ1) is 38.0. The van der Waals surface area contributed by atoms with Crippen molar-refractivity contribution in [2.24, 2.45) is 5.41 Å². The Morgan fingerprint density at radius 3 is 1.86 bits per heavy atom. The summed E-state index contributed by atoms with van der Waals surface area (Å²) in [5.74, 6) is -29.9. The van der Waals surface area contributed by atoms with Gasteiger partial charge >= 0.3 is 41.9 Å². The summed E-state index contributed by atoms with van der Waals surface area (Å²) < 4.78 is 159. The quantitative estimate of drug-likeness (QED) is 0.220. The van der Waals surface area contributed by atoms with Gasteiger partial charge in [-0.2, -0.15) is 48.3 Å². The summed E-state index contributed by atoms with van der Waals surface area (Å²) in [6.07, 6.45) is -8.52. The van der Waals surface area contributed by atoms with Crippen molar-refractivity contribution in [2.45, 2.75) is 70.1 Å². The molecule has 43 heavy (non-hydrogen) atoms. The van der Waals surface area contributed by atoms with E-state index < -0.39 is 73.1 Å². The van der Waals surface area contributed by atoms with Crippen LogP contribution in [0.25, 0.3) is 0 Å². The fourth-order valence-electron chi connectivity index (χ4n) is 3.28. The number of rotatable bonds is 15. The summed E-state index contributed by atoms with van der Waals surface area (Å²) in [4.78, 5) is 23.5. The average Bonchev–Trinajstić information content (AvgIpc) is 2.85. The summed E-state index contributed by atoms with van der Waals surface area (Å²) in [6, 6.07) is 3.82. The van der Waals surface area contributed by atoms with E-state index in [0.717, 1.165) is 0 Å². The zero-order valence-electron chi connectivity index (χ0n) is 23.3. The Labute approximate surface area is 239 Å². The van der Waals surface area contributed by atoms with Crippen molar-refractivity contribution in [3.05, 3.63) is 29.8 Å². The number of amides is 2. The Balaban J connectivity index is 3.15. The van der Waals surface area contributed by atoms with Gasteiger partial charge in [0.25, 0.3) is 0 Å². The van der Waals surface area contributed by atoms with Crippen LogP contribution in [0, 0.1) is 5.41 Å². The minimum absolute atomic E-state index is 0.00414. The molecule has 1 unspecified atom stereocenters. The van der Waals surface area contributed by atoms with Crippen molar-refractivity contribution in [1.82, 2.24) is 10.2 Å². The normalized spacial score (nSPS) is 14.3. The van der Waals surface area contributed by atoms with E-state index in [1.54, 1.807) is 27.7 Å². The molecule has 0 aromatic heterocycles. The molecule has 1 aromatic carbocycles. The number of carboxylic acids is 1.